The first-order valence-electron chi connectivity index (χ1n) is 6.10. The third-order valence-electron chi connectivity index (χ3n) is 2.16. The fourth-order valence-corrected chi connectivity index (χ4v) is 1.32. The van der Waals surface area contributed by atoms with E-state index >= 15 is 0 Å². The summed E-state index contributed by atoms with van der Waals surface area (Å²) in [7, 11) is 0. The second kappa shape index (κ2) is 8.93. The van der Waals surface area contributed by atoms with Crippen LogP contribution in [-0.2, 0) is 17.6 Å². The predicted octanol–water partition coefficient (Wildman–Crippen LogP) is 1.44. The van der Waals surface area contributed by atoms with Crippen LogP contribution in [0.2, 0.25) is 0 Å². The molecule has 0 aliphatic rings. The van der Waals surface area contributed by atoms with Gasteiger partial charge in [-0.1, -0.05) is 6.92 Å². The summed E-state index contributed by atoms with van der Waals surface area (Å²) < 4.78 is 33.6. The number of nitrogens with zero attached hydrogens (tertiary/aromatic N) is 2. The molecule has 5 nitrogen and oxygen atoms in total. The van der Waals surface area contributed by atoms with Crippen molar-refractivity contribution in [3.05, 3.63) is 11.8 Å². The monoisotopic (exact) mass is 263 g/mol. The van der Waals surface area contributed by atoms with E-state index in [1.165, 1.54) is 0 Å². The molecule has 0 radical (unpaired) electrons. The van der Waals surface area contributed by atoms with Crippen LogP contribution in [0.15, 0.2) is 4.42 Å². The smallest absolute Gasteiger partial charge is 0.261 e. The number of halogens is 2. The maximum Gasteiger partial charge on any atom is 0.261 e. The van der Waals surface area contributed by atoms with Crippen LogP contribution < -0.4 is 5.32 Å². The van der Waals surface area contributed by atoms with Crippen molar-refractivity contribution in [2.24, 2.45) is 0 Å². The molecule has 0 saturated heterocycles. The summed E-state index contributed by atoms with van der Waals surface area (Å²) in [4.78, 5) is 0. The van der Waals surface area contributed by atoms with E-state index in [1.54, 1.807) is 0 Å². The van der Waals surface area contributed by atoms with E-state index in [9.17, 15) is 8.78 Å². The minimum atomic E-state index is -2.44. The van der Waals surface area contributed by atoms with Gasteiger partial charge in [-0.2, -0.15) is 0 Å². The second-order valence-electron chi connectivity index (χ2n) is 3.81. The van der Waals surface area contributed by atoms with Gasteiger partial charge in [0.2, 0.25) is 11.8 Å². The van der Waals surface area contributed by atoms with Crippen LogP contribution >= 0.6 is 0 Å². The van der Waals surface area contributed by atoms with Crippen molar-refractivity contribution in [2.45, 2.75) is 32.6 Å². The molecule has 18 heavy (non-hydrogen) atoms. The number of hydrogen-bond acceptors (Lipinski definition) is 5. The van der Waals surface area contributed by atoms with Crippen LogP contribution in [0.5, 0.6) is 0 Å². The normalized spacial score (nSPS) is 11.3. The van der Waals surface area contributed by atoms with E-state index in [0.717, 1.165) is 19.5 Å². The molecule has 0 spiro atoms. The maximum absolute atomic E-state index is 11.8. The van der Waals surface area contributed by atoms with Gasteiger partial charge in [0.15, 0.2) is 0 Å². The number of hydrogen-bond donors (Lipinski definition) is 1. The average molecular weight is 263 g/mol. The van der Waals surface area contributed by atoms with Crippen molar-refractivity contribution < 1.29 is 17.9 Å². The lowest BCUT2D eigenvalue weighted by Gasteiger charge is -2.00. The summed E-state index contributed by atoms with van der Waals surface area (Å²) in [6, 6.07) is 0. The minimum Gasteiger partial charge on any atom is -0.425 e. The van der Waals surface area contributed by atoms with Crippen molar-refractivity contribution in [1.29, 1.82) is 0 Å². The molecule has 0 saturated carbocycles. The molecule has 1 heterocycles. The summed E-state index contributed by atoms with van der Waals surface area (Å²) in [6.45, 7) is 3.46. The van der Waals surface area contributed by atoms with Gasteiger partial charge in [-0.05, 0) is 13.0 Å². The zero-order valence-corrected chi connectivity index (χ0v) is 10.5. The van der Waals surface area contributed by atoms with Crippen LogP contribution in [0.3, 0.4) is 0 Å². The van der Waals surface area contributed by atoms with E-state index in [-0.39, 0.29) is 6.61 Å². The van der Waals surface area contributed by atoms with Gasteiger partial charge in [0, 0.05) is 19.4 Å². The van der Waals surface area contributed by atoms with Crippen LogP contribution in [0.25, 0.3) is 0 Å². The number of ether oxygens (including phenoxy) is 1. The summed E-state index contributed by atoms with van der Waals surface area (Å²) in [6.07, 6.45) is -0.323. The fourth-order valence-electron chi connectivity index (χ4n) is 1.32. The zero-order chi connectivity index (χ0) is 13.2. The lowest BCUT2D eigenvalue weighted by Crippen LogP contribution is -2.17. The molecule has 7 heteroatoms. The zero-order valence-electron chi connectivity index (χ0n) is 10.5. The fraction of sp³-hybridized carbons (Fsp3) is 0.818. The minimum absolute atomic E-state index is 0.167. The molecule has 1 N–H and O–H groups in total. The number of nitrogens with one attached hydrogen (secondary N) is 1. The quantitative estimate of drug-likeness (QED) is 0.647. The molecule has 1 aromatic heterocycles. The topological polar surface area (TPSA) is 60.2 Å². The molecule has 0 fully saturated rings. The highest BCUT2D eigenvalue weighted by Crippen LogP contribution is 2.02. The highest BCUT2D eigenvalue weighted by atomic mass is 19.3. The van der Waals surface area contributed by atoms with Gasteiger partial charge in [-0.3, -0.25) is 0 Å². The summed E-state index contributed by atoms with van der Waals surface area (Å²) in [5.74, 6) is 0.984. The maximum atomic E-state index is 11.8. The molecular weight excluding hydrogens is 244 g/mol. The Kier molecular flexibility index (Phi) is 7.43. The molecule has 1 aromatic rings. The predicted molar refractivity (Wildman–Crippen MR) is 61.7 cm³/mol. The summed E-state index contributed by atoms with van der Waals surface area (Å²) >= 11 is 0. The summed E-state index contributed by atoms with van der Waals surface area (Å²) in [5.41, 5.74) is 0. The lowest BCUT2D eigenvalue weighted by atomic mass is 10.4. The lowest BCUT2D eigenvalue weighted by molar-refractivity contribution is 0.0173. The van der Waals surface area contributed by atoms with Gasteiger partial charge < -0.3 is 14.5 Å². The highest BCUT2D eigenvalue weighted by Gasteiger charge is 2.07. The van der Waals surface area contributed by atoms with Gasteiger partial charge in [0.25, 0.3) is 6.43 Å². The molecule has 0 atom stereocenters. The van der Waals surface area contributed by atoms with Gasteiger partial charge in [-0.25, -0.2) is 8.78 Å². The van der Waals surface area contributed by atoms with Crippen LogP contribution in [0.1, 0.15) is 25.1 Å². The molecule has 0 aliphatic carbocycles. The molecule has 0 amide bonds. The van der Waals surface area contributed by atoms with Gasteiger partial charge in [-0.15, -0.1) is 10.2 Å². The van der Waals surface area contributed by atoms with Crippen LogP contribution in [0, 0.1) is 0 Å². The Morgan fingerprint density at radius 2 is 1.94 bits per heavy atom. The van der Waals surface area contributed by atoms with Crippen molar-refractivity contribution >= 4 is 0 Å². The Morgan fingerprint density at radius 3 is 2.61 bits per heavy atom. The standard InChI is InChI=1S/C11H19F2N3O2/c1-2-5-14-6-3-10-15-16-11(18-10)4-7-17-8-9(12)13/h9,14H,2-8H2,1H3. The molecule has 104 valence electrons. The third kappa shape index (κ3) is 6.61. The van der Waals surface area contributed by atoms with Gasteiger partial charge >= 0.3 is 0 Å². The van der Waals surface area contributed by atoms with Crippen LogP contribution in [-0.4, -0.2) is 42.9 Å². The second-order valence-corrected chi connectivity index (χ2v) is 3.81. The Balaban J connectivity index is 2.13. The van der Waals surface area contributed by atoms with Crippen molar-refractivity contribution in [1.82, 2.24) is 15.5 Å². The van der Waals surface area contributed by atoms with E-state index in [1.807, 2.05) is 0 Å². The highest BCUT2D eigenvalue weighted by molar-refractivity contribution is 4.82. The first-order chi connectivity index (χ1) is 8.72. The first-order valence-corrected chi connectivity index (χ1v) is 6.10. The number of alkyl halides is 2. The largest absolute Gasteiger partial charge is 0.425 e. The molecule has 1 rings (SSSR count). The Morgan fingerprint density at radius 1 is 1.22 bits per heavy atom. The van der Waals surface area contributed by atoms with Gasteiger partial charge in [0.05, 0.1) is 6.61 Å². The first kappa shape index (κ1) is 15.0. The van der Waals surface area contributed by atoms with E-state index < -0.39 is 13.0 Å². The summed E-state index contributed by atoms with van der Waals surface area (Å²) in [5, 5.41) is 10.9. The van der Waals surface area contributed by atoms with Gasteiger partial charge in [0.1, 0.15) is 6.61 Å². The SMILES string of the molecule is CCCNCCc1nnc(CCOCC(F)F)o1. The molecule has 0 bridgehead atoms. The molecule has 0 aromatic carbocycles. The molecular formula is C11H19F2N3O2. The van der Waals surface area contributed by atoms with E-state index in [4.69, 9.17) is 9.15 Å². The Hall–Kier alpha value is -1.08. The average Bonchev–Trinajstić information content (AvgIpc) is 2.78. The molecule has 0 unspecified atom stereocenters. The Labute approximate surface area is 105 Å². The number of aromatic nitrogens is 2. The Bertz CT molecular complexity index is 321. The van der Waals surface area contributed by atoms with Crippen molar-refractivity contribution in [3.63, 3.8) is 0 Å². The third-order valence-corrected chi connectivity index (χ3v) is 2.16. The molecule has 0 aliphatic heterocycles. The van der Waals surface area contributed by atoms with Crippen molar-refractivity contribution in [3.8, 4) is 0 Å². The number of rotatable bonds is 10. The van der Waals surface area contributed by atoms with Crippen LogP contribution in [0.4, 0.5) is 8.78 Å². The van der Waals surface area contributed by atoms with Crippen molar-refractivity contribution in [2.75, 3.05) is 26.3 Å². The van der Waals surface area contributed by atoms with E-state index in [2.05, 4.69) is 22.4 Å². The van der Waals surface area contributed by atoms with E-state index in [0.29, 0.717) is 24.6 Å².